The molecule has 2 N–H and O–H groups in total. The summed E-state index contributed by atoms with van der Waals surface area (Å²) in [5.41, 5.74) is 2.15. The maximum absolute atomic E-state index is 12.2. The average Bonchev–Trinajstić information content (AvgIpc) is 2.48. The smallest absolute Gasteiger partial charge is 0.275 e. The number of aromatic nitrogens is 1. The van der Waals surface area contributed by atoms with Gasteiger partial charge in [0.15, 0.2) is 0 Å². The third-order valence-electron chi connectivity index (χ3n) is 3.15. The number of carbonyl (C=O) groups is 1. The van der Waals surface area contributed by atoms with E-state index in [9.17, 15) is 4.79 Å². The Morgan fingerprint density at radius 2 is 1.81 bits per heavy atom. The number of halogens is 1. The number of nitrogens with zero attached hydrogens (tertiary/aromatic N) is 1. The fourth-order valence-electron chi connectivity index (χ4n) is 1.88. The van der Waals surface area contributed by atoms with Crippen molar-refractivity contribution >= 4 is 29.0 Å². The molecule has 2 aromatic rings. The number of hydrogen-bond acceptors (Lipinski definition) is 3. The number of rotatable bonds is 4. The Hall–Kier alpha value is -2.07. The molecule has 21 heavy (non-hydrogen) atoms. The monoisotopic (exact) mass is 303 g/mol. The quantitative estimate of drug-likeness (QED) is 0.892. The molecule has 0 fully saturated rings. The molecular weight excluding hydrogens is 286 g/mol. The van der Waals surface area contributed by atoms with Gasteiger partial charge < -0.3 is 10.6 Å². The predicted octanol–water partition coefficient (Wildman–Crippen LogP) is 4.15. The fourth-order valence-corrected chi connectivity index (χ4v) is 2.07. The van der Waals surface area contributed by atoms with E-state index in [0.717, 1.165) is 5.69 Å². The predicted molar refractivity (Wildman–Crippen MR) is 87.3 cm³/mol. The maximum atomic E-state index is 12.2. The number of anilines is 2. The van der Waals surface area contributed by atoms with Gasteiger partial charge in [-0.2, -0.15) is 0 Å². The topological polar surface area (TPSA) is 54.0 Å². The lowest BCUT2D eigenvalue weighted by atomic mass is 10.0. The van der Waals surface area contributed by atoms with E-state index in [1.54, 1.807) is 19.2 Å². The Morgan fingerprint density at radius 1 is 1.14 bits per heavy atom. The standard InChI is InChI=1S/C16H18ClN3O/c1-10(2)11-4-6-12(7-5-11)19-16(21)15-13(17)8-9-14(18-3)20-15/h4-10H,1-3H3,(H,18,20)(H,19,21). The van der Waals surface area contributed by atoms with Crippen molar-refractivity contribution in [2.45, 2.75) is 19.8 Å². The van der Waals surface area contributed by atoms with E-state index >= 15 is 0 Å². The molecule has 0 atom stereocenters. The van der Waals surface area contributed by atoms with E-state index in [0.29, 0.717) is 16.8 Å². The molecule has 0 saturated carbocycles. The number of benzene rings is 1. The van der Waals surface area contributed by atoms with E-state index in [2.05, 4.69) is 29.5 Å². The number of nitrogens with one attached hydrogen (secondary N) is 2. The van der Waals surface area contributed by atoms with Crippen LogP contribution in [0.3, 0.4) is 0 Å². The van der Waals surface area contributed by atoms with Gasteiger partial charge in [0, 0.05) is 12.7 Å². The fraction of sp³-hybridized carbons (Fsp3) is 0.250. The van der Waals surface area contributed by atoms with Gasteiger partial charge in [0.2, 0.25) is 0 Å². The average molecular weight is 304 g/mol. The van der Waals surface area contributed by atoms with Crippen molar-refractivity contribution in [3.8, 4) is 0 Å². The van der Waals surface area contributed by atoms with Crippen molar-refractivity contribution in [1.82, 2.24) is 4.98 Å². The first kappa shape index (κ1) is 15.3. The summed E-state index contributed by atoms with van der Waals surface area (Å²) in [5, 5.41) is 6.01. The van der Waals surface area contributed by atoms with Crippen LogP contribution in [0, 0.1) is 0 Å². The summed E-state index contributed by atoms with van der Waals surface area (Å²) in [7, 11) is 1.74. The lowest BCUT2D eigenvalue weighted by molar-refractivity contribution is 0.102. The van der Waals surface area contributed by atoms with Crippen molar-refractivity contribution in [2.24, 2.45) is 0 Å². The van der Waals surface area contributed by atoms with Crippen LogP contribution < -0.4 is 10.6 Å². The van der Waals surface area contributed by atoms with E-state index in [4.69, 9.17) is 11.6 Å². The first-order valence-corrected chi connectivity index (χ1v) is 7.14. The van der Waals surface area contributed by atoms with Crippen LogP contribution in [0.15, 0.2) is 36.4 Å². The first-order valence-electron chi connectivity index (χ1n) is 6.77. The molecular formula is C16H18ClN3O. The molecule has 1 aromatic heterocycles. The molecule has 0 radical (unpaired) electrons. The molecule has 0 bridgehead atoms. The van der Waals surface area contributed by atoms with Gasteiger partial charge in [0.1, 0.15) is 11.5 Å². The largest absolute Gasteiger partial charge is 0.373 e. The number of amides is 1. The molecule has 0 unspecified atom stereocenters. The van der Waals surface area contributed by atoms with Crippen molar-refractivity contribution in [3.63, 3.8) is 0 Å². The third kappa shape index (κ3) is 3.73. The van der Waals surface area contributed by atoms with Gasteiger partial charge in [0.25, 0.3) is 5.91 Å². The summed E-state index contributed by atoms with van der Waals surface area (Å²) in [6.45, 7) is 4.25. The summed E-state index contributed by atoms with van der Waals surface area (Å²) in [6, 6.07) is 11.1. The normalized spacial score (nSPS) is 10.5. The molecule has 110 valence electrons. The van der Waals surface area contributed by atoms with Crippen molar-refractivity contribution < 1.29 is 4.79 Å². The molecule has 1 heterocycles. The molecule has 1 amide bonds. The van der Waals surface area contributed by atoms with E-state index in [1.165, 1.54) is 5.56 Å². The van der Waals surface area contributed by atoms with Crippen LogP contribution in [-0.2, 0) is 0 Å². The molecule has 0 aliphatic rings. The van der Waals surface area contributed by atoms with Gasteiger partial charge in [-0.25, -0.2) is 4.98 Å². The second-order valence-corrected chi connectivity index (χ2v) is 5.41. The van der Waals surface area contributed by atoms with Crippen LogP contribution in [0.4, 0.5) is 11.5 Å². The SMILES string of the molecule is CNc1ccc(Cl)c(C(=O)Nc2ccc(C(C)C)cc2)n1. The number of pyridine rings is 1. The highest BCUT2D eigenvalue weighted by Gasteiger charge is 2.13. The van der Waals surface area contributed by atoms with Crippen LogP contribution in [0.5, 0.6) is 0 Å². The second-order valence-electron chi connectivity index (χ2n) is 5.01. The van der Waals surface area contributed by atoms with Gasteiger partial charge in [-0.1, -0.05) is 37.6 Å². The lowest BCUT2D eigenvalue weighted by Gasteiger charge is -2.09. The summed E-state index contributed by atoms with van der Waals surface area (Å²) in [4.78, 5) is 16.4. The van der Waals surface area contributed by atoms with Gasteiger partial charge in [-0.05, 0) is 35.7 Å². The molecule has 1 aromatic carbocycles. The molecule has 0 aliphatic carbocycles. The van der Waals surface area contributed by atoms with Crippen LogP contribution in [0.25, 0.3) is 0 Å². The summed E-state index contributed by atoms with van der Waals surface area (Å²) in [6.07, 6.45) is 0. The highest BCUT2D eigenvalue weighted by atomic mass is 35.5. The summed E-state index contributed by atoms with van der Waals surface area (Å²) in [5.74, 6) is 0.729. The minimum absolute atomic E-state index is 0.205. The first-order chi connectivity index (χ1) is 10.0. The zero-order chi connectivity index (χ0) is 15.4. The maximum Gasteiger partial charge on any atom is 0.275 e. The summed E-state index contributed by atoms with van der Waals surface area (Å²) < 4.78 is 0. The molecule has 0 saturated heterocycles. The summed E-state index contributed by atoms with van der Waals surface area (Å²) >= 11 is 6.03. The van der Waals surface area contributed by atoms with Crippen LogP contribution in [0.2, 0.25) is 5.02 Å². The van der Waals surface area contributed by atoms with Crippen LogP contribution >= 0.6 is 11.6 Å². The minimum Gasteiger partial charge on any atom is -0.373 e. The number of hydrogen-bond donors (Lipinski definition) is 2. The highest BCUT2D eigenvalue weighted by molar-refractivity contribution is 6.34. The number of carbonyl (C=O) groups excluding carboxylic acids is 1. The molecule has 0 spiro atoms. The molecule has 5 heteroatoms. The van der Waals surface area contributed by atoms with Gasteiger partial charge in [-0.3, -0.25) is 4.79 Å². The van der Waals surface area contributed by atoms with E-state index in [-0.39, 0.29) is 11.6 Å². The van der Waals surface area contributed by atoms with Gasteiger partial charge in [-0.15, -0.1) is 0 Å². The van der Waals surface area contributed by atoms with E-state index in [1.807, 2.05) is 24.3 Å². The van der Waals surface area contributed by atoms with Crippen molar-refractivity contribution in [1.29, 1.82) is 0 Å². The third-order valence-corrected chi connectivity index (χ3v) is 3.46. The highest BCUT2D eigenvalue weighted by Crippen LogP contribution is 2.20. The van der Waals surface area contributed by atoms with Crippen molar-refractivity contribution in [3.05, 3.63) is 52.7 Å². The van der Waals surface area contributed by atoms with Gasteiger partial charge >= 0.3 is 0 Å². The Kier molecular flexibility index (Phi) is 4.81. The Bertz CT molecular complexity index is 638. The van der Waals surface area contributed by atoms with E-state index < -0.39 is 0 Å². The Morgan fingerprint density at radius 3 is 2.38 bits per heavy atom. The molecule has 4 nitrogen and oxygen atoms in total. The zero-order valence-electron chi connectivity index (χ0n) is 12.3. The Balaban J connectivity index is 2.17. The van der Waals surface area contributed by atoms with Crippen LogP contribution in [-0.4, -0.2) is 17.9 Å². The molecule has 0 aliphatic heterocycles. The molecule has 2 rings (SSSR count). The van der Waals surface area contributed by atoms with Gasteiger partial charge in [0.05, 0.1) is 5.02 Å². The Labute approximate surface area is 129 Å². The van der Waals surface area contributed by atoms with Crippen molar-refractivity contribution in [2.75, 3.05) is 17.7 Å². The second kappa shape index (κ2) is 6.59. The van der Waals surface area contributed by atoms with Crippen LogP contribution in [0.1, 0.15) is 35.8 Å². The minimum atomic E-state index is -0.325. The lowest BCUT2D eigenvalue weighted by Crippen LogP contribution is -2.15. The zero-order valence-corrected chi connectivity index (χ0v) is 13.0.